The maximum absolute atomic E-state index is 6.78. The Hall–Kier alpha value is -3.32. The highest BCUT2D eigenvalue weighted by atomic mass is 16.6. The van der Waals surface area contributed by atoms with Crippen LogP contribution in [-0.4, -0.2) is 48.5 Å². The summed E-state index contributed by atoms with van der Waals surface area (Å²) in [4.78, 5) is 2.53. The van der Waals surface area contributed by atoms with Crippen molar-refractivity contribution in [3.05, 3.63) is 144 Å². The van der Waals surface area contributed by atoms with E-state index in [1.54, 1.807) is 0 Å². The molecule has 5 nitrogen and oxygen atoms in total. The van der Waals surface area contributed by atoms with Gasteiger partial charge in [-0.3, -0.25) is 4.90 Å². The number of hydrogen-bond donors (Lipinski definition) is 0. The highest BCUT2D eigenvalue weighted by Gasteiger charge is 2.53. The summed E-state index contributed by atoms with van der Waals surface area (Å²) >= 11 is 0. The zero-order chi connectivity index (χ0) is 27.0. The Labute approximate surface area is 237 Å². The van der Waals surface area contributed by atoms with E-state index in [0.29, 0.717) is 33.0 Å². The minimum atomic E-state index is -0.251. The fraction of sp³-hybridized carbons (Fsp3) is 0.314. The lowest BCUT2D eigenvalue weighted by molar-refractivity contribution is -0.256. The lowest BCUT2D eigenvalue weighted by Crippen LogP contribution is -2.72. The molecular weight excluding hydrogens is 498 g/mol. The Morgan fingerprint density at radius 2 is 0.825 bits per heavy atom. The van der Waals surface area contributed by atoms with Crippen LogP contribution in [0.2, 0.25) is 0 Å². The molecule has 2 heterocycles. The van der Waals surface area contributed by atoms with Gasteiger partial charge in [-0.1, -0.05) is 121 Å². The van der Waals surface area contributed by atoms with Crippen molar-refractivity contribution in [3.63, 3.8) is 0 Å². The van der Waals surface area contributed by atoms with Crippen LogP contribution in [0.3, 0.4) is 0 Å². The Morgan fingerprint density at radius 1 is 0.475 bits per heavy atom. The molecule has 2 aliphatic heterocycles. The number of morpholine rings is 1. The summed E-state index contributed by atoms with van der Waals surface area (Å²) in [5.41, 5.74) is 4.69. The van der Waals surface area contributed by atoms with Gasteiger partial charge < -0.3 is 18.9 Å². The van der Waals surface area contributed by atoms with Crippen LogP contribution in [0.4, 0.5) is 0 Å². The van der Waals surface area contributed by atoms with Gasteiger partial charge in [0.1, 0.15) is 18.3 Å². The van der Waals surface area contributed by atoms with Gasteiger partial charge in [0.25, 0.3) is 0 Å². The Kier molecular flexibility index (Phi) is 8.98. The van der Waals surface area contributed by atoms with Gasteiger partial charge >= 0.3 is 0 Å². The molecule has 6 rings (SSSR count). The molecule has 206 valence electrons. The van der Waals surface area contributed by atoms with Crippen LogP contribution in [0.15, 0.2) is 121 Å². The minimum absolute atomic E-state index is 0.0417. The van der Waals surface area contributed by atoms with Gasteiger partial charge in [-0.15, -0.1) is 0 Å². The second-order valence-electron chi connectivity index (χ2n) is 10.6. The Balaban J connectivity index is 1.32. The van der Waals surface area contributed by atoms with E-state index in [4.69, 9.17) is 18.9 Å². The number of rotatable bonds is 11. The molecule has 0 N–H and O–H groups in total. The summed E-state index contributed by atoms with van der Waals surface area (Å²) in [7, 11) is 0. The Morgan fingerprint density at radius 3 is 1.23 bits per heavy atom. The standard InChI is InChI=1S/C35H37NO4/c1-5-13-27(14-6-1)21-36-31-25-37-26-32(36)34(39-23-29-17-9-3-10-18-29)35(40-24-30-19-11-4-12-20-30)33(31)38-22-28-15-7-2-8-16-28/h1-20,31-35H,21-26H2/t31-,32+,33+,34-,35?. The molecule has 40 heavy (non-hydrogen) atoms. The van der Waals surface area contributed by atoms with Crippen LogP contribution in [0.5, 0.6) is 0 Å². The summed E-state index contributed by atoms with van der Waals surface area (Å²) in [6.45, 7) is 3.51. The van der Waals surface area contributed by atoms with E-state index >= 15 is 0 Å². The monoisotopic (exact) mass is 535 g/mol. The van der Waals surface area contributed by atoms with Gasteiger partial charge in [0.05, 0.1) is 45.1 Å². The second-order valence-corrected chi connectivity index (χ2v) is 10.6. The van der Waals surface area contributed by atoms with E-state index in [9.17, 15) is 0 Å². The maximum atomic E-state index is 6.78. The van der Waals surface area contributed by atoms with E-state index in [0.717, 1.165) is 23.2 Å². The van der Waals surface area contributed by atoms with Crippen molar-refractivity contribution >= 4 is 0 Å². The van der Waals surface area contributed by atoms with Gasteiger partial charge in [0.2, 0.25) is 0 Å². The summed E-state index contributed by atoms with van der Waals surface area (Å²) < 4.78 is 26.6. The molecule has 0 amide bonds. The third-order valence-corrected chi connectivity index (χ3v) is 7.90. The minimum Gasteiger partial charge on any atom is -0.378 e. The average Bonchev–Trinajstić information content (AvgIpc) is 3.01. The molecule has 2 bridgehead atoms. The number of fused-ring (bicyclic) bond motifs is 2. The zero-order valence-corrected chi connectivity index (χ0v) is 22.8. The third-order valence-electron chi connectivity index (χ3n) is 7.90. The lowest BCUT2D eigenvalue weighted by atomic mass is 9.85. The molecule has 2 aliphatic rings. The largest absolute Gasteiger partial charge is 0.378 e. The number of nitrogens with zero attached hydrogens (tertiary/aromatic N) is 1. The van der Waals surface area contributed by atoms with Gasteiger partial charge in [0, 0.05) is 6.54 Å². The summed E-state index contributed by atoms with van der Waals surface area (Å²) in [5, 5.41) is 0. The van der Waals surface area contributed by atoms with Crippen molar-refractivity contribution < 1.29 is 18.9 Å². The van der Waals surface area contributed by atoms with Gasteiger partial charge in [0.15, 0.2) is 0 Å². The molecule has 0 radical (unpaired) electrons. The van der Waals surface area contributed by atoms with Crippen molar-refractivity contribution in [2.45, 2.75) is 56.8 Å². The third kappa shape index (κ3) is 6.52. The molecule has 2 saturated heterocycles. The highest BCUT2D eigenvalue weighted by molar-refractivity contribution is 5.19. The smallest absolute Gasteiger partial charge is 0.113 e. The van der Waals surface area contributed by atoms with Crippen molar-refractivity contribution in [3.8, 4) is 0 Å². The van der Waals surface area contributed by atoms with E-state index < -0.39 is 0 Å². The first-order valence-corrected chi connectivity index (χ1v) is 14.2. The second kappa shape index (κ2) is 13.4. The molecule has 5 atom stereocenters. The molecule has 5 heteroatoms. The molecule has 0 aromatic heterocycles. The SMILES string of the molecule is c1ccc(COC2[C@@H](OCc3ccccc3)[C@H]3COC[C@@H]([C@H]2OCc2ccccc2)N3Cc2ccccc2)cc1. The fourth-order valence-corrected chi connectivity index (χ4v) is 5.87. The van der Waals surface area contributed by atoms with Gasteiger partial charge in [-0.25, -0.2) is 0 Å². The molecule has 0 saturated carbocycles. The first-order chi connectivity index (χ1) is 19.8. The molecule has 0 spiro atoms. The van der Waals surface area contributed by atoms with Crippen LogP contribution < -0.4 is 0 Å². The molecule has 4 aromatic carbocycles. The van der Waals surface area contributed by atoms with Crippen LogP contribution in [-0.2, 0) is 45.3 Å². The average molecular weight is 536 g/mol. The molecule has 1 unspecified atom stereocenters. The Bertz CT molecular complexity index is 1170. The zero-order valence-electron chi connectivity index (χ0n) is 22.8. The number of hydrogen-bond acceptors (Lipinski definition) is 5. The maximum Gasteiger partial charge on any atom is 0.113 e. The van der Waals surface area contributed by atoms with Crippen LogP contribution in [0, 0.1) is 0 Å². The topological polar surface area (TPSA) is 40.2 Å². The van der Waals surface area contributed by atoms with E-state index in [2.05, 4.69) is 108 Å². The predicted octanol–water partition coefficient (Wildman–Crippen LogP) is 6.03. The molecular formula is C35H37NO4. The van der Waals surface area contributed by atoms with Crippen molar-refractivity contribution in [1.29, 1.82) is 0 Å². The highest BCUT2D eigenvalue weighted by Crippen LogP contribution is 2.36. The number of ether oxygens (including phenoxy) is 4. The quantitative estimate of drug-likeness (QED) is 0.235. The number of piperidine rings is 1. The first-order valence-electron chi connectivity index (χ1n) is 14.2. The van der Waals surface area contributed by atoms with Crippen LogP contribution >= 0.6 is 0 Å². The van der Waals surface area contributed by atoms with Crippen molar-refractivity contribution in [2.75, 3.05) is 13.2 Å². The molecule has 2 fully saturated rings. The number of benzene rings is 4. The fourth-order valence-electron chi connectivity index (χ4n) is 5.87. The van der Waals surface area contributed by atoms with Crippen LogP contribution in [0.25, 0.3) is 0 Å². The van der Waals surface area contributed by atoms with E-state index in [1.807, 2.05) is 18.2 Å². The molecule has 4 aromatic rings. The van der Waals surface area contributed by atoms with Crippen molar-refractivity contribution in [2.24, 2.45) is 0 Å². The predicted molar refractivity (Wildman–Crippen MR) is 155 cm³/mol. The summed E-state index contributed by atoms with van der Waals surface area (Å²) in [6.07, 6.45) is -0.714. The molecule has 0 aliphatic carbocycles. The van der Waals surface area contributed by atoms with Gasteiger partial charge in [-0.05, 0) is 22.3 Å². The first kappa shape index (κ1) is 26.9. The lowest BCUT2D eigenvalue weighted by Gasteiger charge is -2.55. The van der Waals surface area contributed by atoms with Crippen molar-refractivity contribution in [1.82, 2.24) is 4.90 Å². The summed E-state index contributed by atoms with van der Waals surface area (Å²) in [5.74, 6) is 0. The van der Waals surface area contributed by atoms with E-state index in [1.165, 1.54) is 5.56 Å². The van der Waals surface area contributed by atoms with Crippen LogP contribution in [0.1, 0.15) is 22.3 Å². The van der Waals surface area contributed by atoms with Gasteiger partial charge in [-0.2, -0.15) is 0 Å². The summed E-state index contributed by atoms with van der Waals surface area (Å²) in [6, 6.07) is 41.8. The normalized spacial score (nSPS) is 24.6. The van der Waals surface area contributed by atoms with E-state index in [-0.39, 0.29) is 30.4 Å².